The largest absolute Gasteiger partial charge is 0.497 e. The molecule has 0 fully saturated rings. The van der Waals surface area contributed by atoms with Crippen LogP contribution in [0.4, 0.5) is 10.5 Å². The summed E-state index contributed by atoms with van der Waals surface area (Å²) in [7, 11) is 5.07. The number of hydrogen-bond donors (Lipinski definition) is 1. The summed E-state index contributed by atoms with van der Waals surface area (Å²) in [5, 5.41) is 2.81. The van der Waals surface area contributed by atoms with E-state index in [0.717, 1.165) is 22.6 Å². The molecular weight excluding hydrogens is 252 g/mol. The van der Waals surface area contributed by atoms with Gasteiger partial charge in [-0.25, -0.2) is 4.79 Å². The number of urea groups is 1. The highest BCUT2D eigenvalue weighted by molar-refractivity contribution is 5.89. The molecule has 0 bridgehead atoms. The Morgan fingerprint density at radius 1 is 0.950 bits per heavy atom. The summed E-state index contributed by atoms with van der Waals surface area (Å²) in [4.78, 5) is 13.0. The molecule has 2 aromatic carbocycles. The lowest BCUT2D eigenvalue weighted by molar-refractivity contribution is 0.230. The maximum Gasteiger partial charge on any atom is 0.321 e. The van der Waals surface area contributed by atoms with E-state index in [1.165, 1.54) is 4.90 Å². The van der Waals surface area contributed by atoms with Gasteiger partial charge in [-0.15, -0.1) is 0 Å². The lowest BCUT2D eigenvalue weighted by Gasteiger charge is -2.12. The summed E-state index contributed by atoms with van der Waals surface area (Å²) >= 11 is 0. The van der Waals surface area contributed by atoms with E-state index in [2.05, 4.69) is 5.32 Å². The van der Waals surface area contributed by atoms with E-state index in [1.54, 1.807) is 21.2 Å². The van der Waals surface area contributed by atoms with E-state index < -0.39 is 0 Å². The first-order valence-corrected chi connectivity index (χ1v) is 6.33. The van der Waals surface area contributed by atoms with Crippen molar-refractivity contribution in [3.8, 4) is 16.9 Å². The molecule has 4 nitrogen and oxygen atoms in total. The van der Waals surface area contributed by atoms with Crippen molar-refractivity contribution in [1.29, 1.82) is 0 Å². The summed E-state index contributed by atoms with van der Waals surface area (Å²) < 4.78 is 5.14. The number of nitrogens with zero attached hydrogens (tertiary/aromatic N) is 1. The number of amides is 2. The van der Waals surface area contributed by atoms with Crippen molar-refractivity contribution in [3.63, 3.8) is 0 Å². The maximum atomic E-state index is 11.5. The van der Waals surface area contributed by atoms with Crippen LogP contribution in [0.25, 0.3) is 11.1 Å². The van der Waals surface area contributed by atoms with Crippen molar-refractivity contribution in [2.24, 2.45) is 0 Å². The summed E-state index contributed by atoms with van der Waals surface area (Å²) in [6.07, 6.45) is 0. The first-order valence-electron chi connectivity index (χ1n) is 6.33. The Morgan fingerprint density at radius 2 is 1.45 bits per heavy atom. The molecule has 0 saturated heterocycles. The molecule has 2 aromatic rings. The standard InChI is InChI=1S/C16H18N2O2/c1-18(2)16(19)17-14-8-4-12(5-9-14)13-6-10-15(20-3)11-7-13/h4-11H,1-3H3,(H,17,19). The third kappa shape index (κ3) is 3.29. The second-order valence-electron chi connectivity index (χ2n) is 4.63. The maximum absolute atomic E-state index is 11.5. The average Bonchev–Trinajstić information content (AvgIpc) is 2.48. The summed E-state index contributed by atoms with van der Waals surface area (Å²) in [6, 6.07) is 15.5. The van der Waals surface area contributed by atoms with Gasteiger partial charge in [-0.3, -0.25) is 0 Å². The van der Waals surface area contributed by atoms with Gasteiger partial charge in [-0.1, -0.05) is 24.3 Å². The van der Waals surface area contributed by atoms with Crippen LogP contribution in [0.1, 0.15) is 0 Å². The zero-order valence-electron chi connectivity index (χ0n) is 11.9. The minimum absolute atomic E-state index is 0.137. The number of benzene rings is 2. The third-order valence-electron chi connectivity index (χ3n) is 2.97. The Bertz CT molecular complexity index is 574. The summed E-state index contributed by atoms with van der Waals surface area (Å²) in [5.74, 6) is 0.837. The fraction of sp³-hybridized carbons (Fsp3) is 0.188. The quantitative estimate of drug-likeness (QED) is 0.928. The number of hydrogen-bond acceptors (Lipinski definition) is 2. The molecule has 0 aliphatic heterocycles. The Kier molecular flexibility index (Phi) is 4.25. The molecule has 0 unspecified atom stereocenters. The second kappa shape index (κ2) is 6.10. The minimum atomic E-state index is -0.137. The topological polar surface area (TPSA) is 41.6 Å². The smallest absolute Gasteiger partial charge is 0.321 e. The Morgan fingerprint density at radius 3 is 1.90 bits per heavy atom. The van der Waals surface area contributed by atoms with Crippen molar-refractivity contribution in [2.45, 2.75) is 0 Å². The molecule has 0 heterocycles. The van der Waals surface area contributed by atoms with Crippen LogP contribution in [0.5, 0.6) is 5.75 Å². The zero-order chi connectivity index (χ0) is 14.5. The first kappa shape index (κ1) is 13.9. The number of ether oxygens (including phenoxy) is 1. The number of carbonyl (C=O) groups is 1. The zero-order valence-corrected chi connectivity index (χ0v) is 11.9. The highest BCUT2D eigenvalue weighted by Crippen LogP contribution is 2.23. The van der Waals surface area contributed by atoms with Gasteiger partial charge < -0.3 is 15.0 Å². The van der Waals surface area contributed by atoms with Crippen LogP contribution in [0.3, 0.4) is 0 Å². The van der Waals surface area contributed by atoms with E-state index in [4.69, 9.17) is 4.74 Å². The van der Waals surface area contributed by atoms with Gasteiger partial charge in [-0.2, -0.15) is 0 Å². The molecule has 4 heteroatoms. The fourth-order valence-electron chi connectivity index (χ4n) is 1.76. The van der Waals surface area contributed by atoms with Gasteiger partial charge in [0.1, 0.15) is 5.75 Å². The van der Waals surface area contributed by atoms with Gasteiger partial charge in [0.05, 0.1) is 7.11 Å². The van der Waals surface area contributed by atoms with Crippen molar-refractivity contribution < 1.29 is 9.53 Å². The summed E-state index contributed by atoms with van der Waals surface area (Å²) in [5.41, 5.74) is 2.98. The predicted molar refractivity (Wildman–Crippen MR) is 81.1 cm³/mol. The van der Waals surface area contributed by atoms with Crippen molar-refractivity contribution in [2.75, 3.05) is 26.5 Å². The SMILES string of the molecule is COc1ccc(-c2ccc(NC(=O)N(C)C)cc2)cc1. The van der Waals surface area contributed by atoms with Gasteiger partial charge in [0.2, 0.25) is 0 Å². The second-order valence-corrected chi connectivity index (χ2v) is 4.63. The van der Waals surface area contributed by atoms with Crippen LogP contribution < -0.4 is 10.1 Å². The normalized spacial score (nSPS) is 9.95. The molecule has 0 aliphatic carbocycles. The van der Waals surface area contributed by atoms with Crippen LogP contribution in [0.15, 0.2) is 48.5 Å². The molecule has 0 aromatic heterocycles. The molecule has 2 amide bonds. The molecular formula is C16H18N2O2. The molecule has 0 saturated carbocycles. The average molecular weight is 270 g/mol. The molecule has 0 radical (unpaired) electrons. The number of anilines is 1. The lowest BCUT2D eigenvalue weighted by Crippen LogP contribution is -2.27. The Hall–Kier alpha value is -2.49. The Labute approximate surface area is 119 Å². The van der Waals surface area contributed by atoms with Crippen molar-refractivity contribution in [3.05, 3.63) is 48.5 Å². The van der Waals surface area contributed by atoms with Gasteiger partial charge in [-0.05, 0) is 35.4 Å². The van der Waals surface area contributed by atoms with Gasteiger partial charge in [0.15, 0.2) is 0 Å². The van der Waals surface area contributed by atoms with E-state index in [9.17, 15) is 4.79 Å². The Balaban J connectivity index is 2.12. The lowest BCUT2D eigenvalue weighted by atomic mass is 10.1. The molecule has 104 valence electrons. The molecule has 0 aliphatic rings. The molecule has 1 N–H and O–H groups in total. The third-order valence-corrected chi connectivity index (χ3v) is 2.97. The van der Waals surface area contributed by atoms with Crippen molar-refractivity contribution >= 4 is 11.7 Å². The van der Waals surface area contributed by atoms with Crippen LogP contribution in [-0.2, 0) is 0 Å². The van der Waals surface area contributed by atoms with Crippen LogP contribution >= 0.6 is 0 Å². The summed E-state index contributed by atoms with van der Waals surface area (Å²) in [6.45, 7) is 0. The predicted octanol–water partition coefficient (Wildman–Crippen LogP) is 3.46. The molecule has 20 heavy (non-hydrogen) atoms. The van der Waals surface area contributed by atoms with E-state index in [-0.39, 0.29) is 6.03 Å². The van der Waals surface area contributed by atoms with Crippen LogP contribution in [0, 0.1) is 0 Å². The first-order chi connectivity index (χ1) is 9.60. The van der Waals surface area contributed by atoms with Gasteiger partial charge in [0, 0.05) is 19.8 Å². The highest BCUT2D eigenvalue weighted by atomic mass is 16.5. The van der Waals surface area contributed by atoms with Crippen LogP contribution in [0.2, 0.25) is 0 Å². The van der Waals surface area contributed by atoms with Gasteiger partial charge in [0.25, 0.3) is 0 Å². The molecule has 2 rings (SSSR count). The highest BCUT2D eigenvalue weighted by Gasteiger charge is 2.04. The number of carbonyl (C=O) groups excluding carboxylic acids is 1. The number of nitrogens with one attached hydrogen (secondary N) is 1. The molecule has 0 atom stereocenters. The van der Waals surface area contributed by atoms with E-state index in [1.807, 2.05) is 48.5 Å². The number of rotatable bonds is 3. The van der Waals surface area contributed by atoms with E-state index >= 15 is 0 Å². The minimum Gasteiger partial charge on any atom is -0.497 e. The van der Waals surface area contributed by atoms with E-state index in [0.29, 0.717) is 0 Å². The fourth-order valence-corrected chi connectivity index (χ4v) is 1.76. The monoisotopic (exact) mass is 270 g/mol. The van der Waals surface area contributed by atoms with Crippen LogP contribution in [-0.4, -0.2) is 32.1 Å². The van der Waals surface area contributed by atoms with Gasteiger partial charge >= 0.3 is 6.03 Å². The van der Waals surface area contributed by atoms with Crippen molar-refractivity contribution in [1.82, 2.24) is 4.90 Å². The number of methoxy groups -OCH3 is 1. The molecule has 0 spiro atoms.